The number of aliphatic hydroxyl groups is 2. The molecule has 0 fully saturated rings. The lowest BCUT2D eigenvalue weighted by atomic mass is 10.1. The van der Waals surface area contributed by atoms with Crippen LogP contribution in [0.25, 0.3) is 0 Å². The Hall–Kier alpha value is -1.33. The normalized spacial score (nSPS) is 11.7. The van der Waals surface area contributed by atoms with Crippen molar-refractivity contribution in [2.75, 3.05) is 7.11 Å². The van der Waals surface area contributed by atoms with E-state index in [-0.39, 0.29) is 5.75 Å². The minimum atomic E-state index is -1.64. The molecule has 4 nitrogen and oxygen atoms in total. The van der Waals surface area contributed by atoms with Crippen molar-refractivity contribution in [3.8, 4) is 11.5 Å². The van der Waals surface area contributed by atoms with Crippen LogP contribution in [0.15, 0.2) is 18.2 Å². The number of methoxy groups -OCH3 is 1. The molecule has 0 saturated carbocycles. The molecule has 0 aromatic heterocycles. The summed E-state index contributed by atoms with van der Waals surface area (Å²) in [5, 5.41) is 18.1. The van der Waals surface area contributed by atoms with E-state index in [1.165, 1.54) is 39.2 Å². The minimum Gasteiger partial charge on any atom is -0.494 e. The molecular weight excluding hydrogens is 215 g/mol. The second-order valence-corrected chi connectivity index (χ2v) is 3.88. The maximum absolute atomic E-state index is 13.1. The van der Waals surface area contributed by atoms with Gasteiger partial charge in [0.05, 0.1) is 7.11 Å². The number of benzene rings is 1. The standard InChI is InChI=1S/C11H15FO4/c1-11(2,10(13)14)16-7-4-5-8(12)9(6-7)15-3/h4-6,10,13-14H,1-3H3. The van der Waals surface area contributed by atoms with E-state index in [0.717, 1.165) is 0 Å². The van der Waals surface area contributed by atoms with Gasteiger partial charge in [0.15, 0.2) is 23.5 Å². The Morgan fingerprint density at radius 2 is 1.94 bits per heavy atom. The molecule has 1 rings (SSSR count). The van der Waals surface area contributed by atoms with Crippen molar-refractivity contribution < 1.29 is 24.1 Å². The minimum absolute atomic E-state index is 0.0423. The Morgan fingerprint density at radius 1 is 1.31 bits per heavy atom. The van der Waals surface area contributed by atoms with Crippen molar-refractivity contribution in [1.29, 1.82) is 0 Å². The van der Waals surface area contributed by atoms with Crippen LogP contribution in [0, 0.1) is 5.82 Å². The monoisotopic (exact) mass is 230 g/mol. The summed E-state index contributed by atoms with van der Waals surface area (Å²) in [5.41, 5.74) is -1.18. The third-order valence-electron chi connectivity index (χ3n) is 2.13. The first-order valence-electron chi connectivity index (χ1n) is 4.75. The summed E-state index contributed by atoms with van der Waals surface area (Å²) in [6.07, 6.45) is -1.64. The fourth-order valence-corrected chi connectivity index (χ4v) is 1.06. The Labute approximate surface area is 93.2 Å². The second kappa shape index (κ2) is 4.67. The van der Waals surface area contributed by atoms with Crippen molar-refractivity contribution in [2.45, 2.75) is 25.7 Å². The lowest BCUT2D eigenvalue weighted by Crippen LogP contribution is -2.41. The van der Waals surface area contributed by atoms with Gasteiger partial charge in [-0.1, -0.05) is 0 Å². The molecule has 16 heavy (non-hydrogen) atoms. The molecule has 2 N–H and O–H groups in total. The summed E-state index contributed by atoms with van der Waals surface area (Å²) in [6, 6.07) is 3.93. The summed E-state index contributed by atoms with van der Waals surface area (Å²) in [7, 11) is 1.34. The second-order valence-electron chi connectivity index (χ2n) is 3.88. The first-order chi connectivity index (χ1) is 7.36. The van der Waals surface area contributed by atoms with Crippen LogP contribution in [0.5, 0.6) is 11.5 Å². The first-order valence-corrected chi connectivity index (χ1v) is 4.75. The third kappa shape index (κ3) is 2.84. The summed E-state index contributed by atoms with van der Waals surface area (Å²) in [5.74, 6) is -0.158. The van der Waals surface area contributed by atoms with Gasteiger partial charge in [-0.3, -0.25) is 0 Å². The van der Waals surface area contributed by atoms with E-state index in [0.29, 0.717) is 5.75 Å². The number of aliphatic hydroxyl groups excluding tert-OH is 1. The molecule has 0 aliphatic heterocycles. The maximum Gasteiger partial charge on any atom is 0.192 e. The van der Waals surface area contributed by atoms with Crippen molar-refractivity contribution in [3.05, 3.63) is 24.0 Å². The number of hydrogen-bond acceptors (Lipinski definition) is 4. The molecule has 1 aromatic rings. The summed E-state index contributed by atoms with van der Waals surface area (Å²) in [6.45, 7) is 3.01. The average Bonchev–Trinajstić information content (AvgIpc) is 2.20. The molecule has 0 aliphatic rings. The average molecular weight is 230 g/mol. The van der Waals surface area contributed by atoms with Gasteiger partial charge in [-0.05, 0) is 26.0 Å². The van der Waals surface area contributed by atoms with Crippen LogP contribution in [-0.2, 0) is 0 Å². The molecule has 0 amide bonds. The molecule has 0 spiro atoms. The highest BCUT2D eigenvalue weighted by Crippen LogP contribution is 2.26. The van der Waals surface area contributed by atoms with E-state index >= 15 is 0 Å². The number of halogens is 1. The van der Waals surface area contributed by atoms with E-state index < -0.39 is 17.7 Å². The van der Waals surface area contributed by atoms with E-state index in [1.54, 1.807) is 0 Å². The van der Waals surface area contributed by atoms with Crippen LogP contribution >= 0.6 is 0 Å². The van der Waals surface area contributed by atoms with Gasteiger partial charge < -0.3 is 19.7 Å². The van der Waals surface area contributed by atoms with E-state index in [4.69, 9.17) is 19.7 Å². The predicted octanol–water partition coefficient (Wildman–Crippen LogP) is 1.30. The predicted molar refractivity (Wildman–Crippen MR) is 55.9 cm³/mol. The van der Waals surface area contributed by atoms with Gasteiger partial charge >= 0.3 is 0 Å². The molecule has 0 atom stereocenters. The SMILES string of the molecule is COc1cc(OC(C)(C)C(O)O)ccc1F. The zero-order chi connectivity index (χ0) is 12.3. The Morgan fingerprint density at radius 3 is 2.44 bits per heavy atom. The van der Waals surface area contributed by atoms with Gasteiger partial charge in [0.2, 0.25) is 0 Å². The topological polar surface area (TPSA) is 58.9 Å². The van der Waals surface area contributed by atoms with Crippen LogP contribution in [0.4, 0.5) is 4.39 Å². The molecule has 5 heteroatoms. The fourth-order valence-electron chi connectivity index (χ4n) is 1.06. The van der Waals surface area contributed by atoms with E-state index in [1.807, 2.05) is 0 Å². The summed E-state index contributed by atoms with van der Waals surface area (Å²) in [4.78, 5) is 0. The van der Waals surface area contributed by atoms with Crippen LogP contribution in [0.3, 0.4) is 0 Å². The van der Waals surface area contributed by atoms with E-state index in [2.05, 4.69) is 0 Å². The maximum atomic E-state index is 13.1. The molecule has 0 saturated heterocycles. The lowest BCUT2D eigenvalue weighted by molar-refractivity contribution is -0.154. The van der Waals surface area contributed by atoms with Gasteiger partial charge in [-0.2, -0.15) is 0 Å². The quantitative estimate of drug-likeness (QED) is 0.765. The van der Waals surface area contributed by atoms with Crippen LogP contribution in [-0.4, -0.2) is 29.2 Å². The van der Waals surface area contributed by atoms with Crippen molar-refractivity contribution in [2.24, 2.45) is 0 Å². The number of rotatable bonds is 4. The highest BCUT2D eigenvalue weighted by molar-refractivity contribution is 5.34. The molecule has 0 aliphatic carbocycles. The zero-order valence-electron chi connectivity index (χ0n) is 9.40. The van der Waals surface area contributed by atoms with Crippen molar-refractivity contribution in [1.82, 2.24) is 0 Å². The molecule has 0 unspecified atom stereocenters. The van der Waals surface area contributed by atoms with Crippen LogP contribution in [0.2, 0.25) is 0 Å². The van der Waals surface area contributed by atoms with Gasteiger partial charge in [0.1, 0.15) is 5.75 Å². The largest absolute Gasteiger partial charge is 0.494 e. The molecule has 0 heterocycles. The zero-order valence-corrected chi connectivity index (χ0v) is 9.40. The van der Waals surface area contributed by atoms with Crippen LogP contribution in [0.1, 0.15) is 13.8 Å². The number of hydrogen-bond donors (Lipinski definition) is 2. The smallest absolute Gasteiger partial charge is 0.192 e. The van der Waals surface area contributed by atoms with Gasteiger partial charge in [-0.25, -0.2) is 4.39 Å². The van der Waals surface area contributed by atoms with Gasteiger partial charge in [0, 0.05) is 6.07 Å². The molecule has 1 aromatic carbocycles. The van der Waals surface area contributed by atoms with Crippen LogP contribution < -0.4 is 9.47 Å². The molecular formula is C11H15FO4. The first kappa shape index (κ1) is 12.7. The summed E-state index contributed by atoms with van der Waals surface area (Å²) >= 11 is 0. The van der Waals surface area contributed by atoms with Gasteiger partial charge in [-0.15, -0.1) is 0 Å². The van der Waals surface area contributed by atoms with Crippen molar-refractivity contribution >= 4 is 0 Å². The lowest BCUT2D eigenvalue weighted by Gasteiger charge is -2.28. The molecule has 0 bridgehead atoms. The fraction of sp³-hybridized carbons (Fsp3) is 0.455. The molecule has 0 radical (unpaired) electrons. The highest BCUT2D eigenvalue weighted by Gasteiger charge is 2.28. The molecule has 90 valence electrons. The van der Waals surface area contributed by atoms with E-state index in [9.17, 15) is 4.39 Å². The highest BCUT2D eigenvalue weighted by atomic mass is 19.1. The Bertz CT molecular complexity index is 363. The van der Waals surface area contributed by atoms with Gasteiger partial charge in [0.25, 0.3) is 0 Å². The number of ether oxygens (including phenoxy) is 2. The van der Waals surface area contributed by atoms with Crippen molar-refractivity contribution in [3.63, 3.8) is 0 Å². The Balaban J connectivity index is 2.90. The Kier molecular flexibility index (Phi) is 3.72. The summed E-state index contributed by atoms with van der Waals surface area (Å²) < 4.78 is 23.2. The third-order valence-corrected chi connectivity index (χ3v) is 2.13.